The molecule has 7 heteroatoms. The predicted molar refractivity (Wildman–Crippen MR) is 114 cm³/mol. The van der Waals surface area contributed by atoms with Gasteiger partial charge in [-0.3, -0.25) is 9.59 Å². The highest BCUT2D eigenvalue weighted by Gasteiger charge is 2.32. The Morgan fingerprint density at radius 2 is 1.73 bits per heavy atom. The molecule has 0 saturated heterocycles. The van der Waals surface area contributed by atoms with E-state index < -0.39 is 5.60 Å². The summed E-state index contributed by atoms with van der Waals surface area (Å²) in [7, 11) is 4.58. The third-order valence-electron chi connectivity index (χ3n) is 4.63. The molecule has 158 valence electrons. The normalized spacial score (nSPS) is 14.6. The number of amides is 1. The van der Waals surface area contributed by atoms with Crippen molar-refractivity contribution < 1.29 is 28.5 Å². The molecule has 0 radical (unpaired) electrons. The number of hydrogen-bond donors (Lipinski definition) is 1. The summed E-state index contributed by atoms with van der Waals surface area (Å²) in [5.41, 5.74) is 1.17. The zero-order chi connectivity index (χ0) is 21.9. The van der Waals surface area contributed by atoms with Gasteiger partial charge >= 0.3 is 0 Å². The summed E-state index contributed by atoms with van der Waals surface area (Å²) in [5.74, 6) is 1.65. The lowest BCUT2D eigenvalue weighted by molar-refractivity contribution is -0.111. The molecule has 0 spiro atoms. The van der Waals surface area contributed by atoms with Crippen molar-refractivity contribution in [1.29, 1.82) is 0 Å². The van der Waals surface area contributed by atoms with Crippen molar-refractivity contribution in [2.45, 2.75) is 25.9 Å². The van der Waals surface area contributed by atoms with Crippen molar-refractivity contribution in [3.8, 4) is 23.0 Å². The Bertz CT molecular complexity index is 984. The van der Waals surface area contributed by atoms with Crippen LogP contribution < -0.4 is 24.3 Å². The Kier molecular flexibility index (Phi) is 6.01. The summed E-state index contributed by atoms with van der Waals surface area (Å²) in [5, 5.41) is 2.76. The Hall–Kier alpha value is -3.48. The molecule has 1 aliphatic heterocycles. The minimum absolute atomic E-state index is 0.00897. The number of methoxy groups -OCH3 is 3. The van der Waals surface area contributed by atoms with Crippen LogP contribution in [-0.2, 0) is 4.79 Å². The SMILES string of the molecule is COc1cc(/C=C/C(=O)Nc2ccc3c(c2)C(=O)CC(C)(C)O3)cc(OC)c1OC. The van der Waals surface area contributed by atoms with Gasteiger partial charge in [-0.15, -0.1) is 0 Å². The molecule has 3 rings (SSSR count). The van der Waals surface area contributed by atoms with Crippen LogP contribution in [0.1, 0.15) is 36.2 Å². The molecule has 7 nitrogen and oxygen atoms in total. The van der Waals surface area contributed by atoms with Crippen LogP contribution in [-0.4, -0.2) is 38.6 Å². The number of carbonyl (C=O) groups excluding carboxylic acids is 2. The van der Waals surface area contributed by atoms with Gasteiger partial charge in [0.25, 0.3) is 0 Å². The van der Waals surface area contributed by atoms with Gasteiger partial charge in [0, 0.05) is 11.8 Å². The van der Waals surface area contributed by atoms with Crippen LogP contribution >= 0.6 is 0 Å². The van der Waals surface area contributed by atoms with Gasteiger partial charge in [0.15, 0.2) is 17.3 Å². The van der Waals surface area contributed by atoms with Crippen molar-refractivity contribution in [2.75, 3.05) is 26.6 Å². The molecule has 0 saturated carbocycles. The number of ketones is 1. The molecule has 0 aliphatic carbocycles. The number of fused-ring (bicyclic) bond motifs is 1. The smallest absolute Gasteiger partial charge is 0.248 e. The summed E-state index contributed by atoms with van der Waals surface area (Å²) < 4.78 is 21.8. The van der Waals surface area contributed by atoms with Gasteiger partial charge in [-0.05, 0) is 55.8 Å². The molecule has 1 amide bonds. The van der Waals surface area contributed by atoms with Crippen LogP contribution in [0.3, 0.4) is 0 Å². The van der Waals surface area contributed by atoms with Crippen LogP contribution in [0.25, 0.3) is 6.08 Å². The molecule has 0 bridgehead atoms. The first-order valence-electron chi connectivity index (χ1n) is 9.41. The third-order valence-corrected chi connectivity index (χ3v) is 4.63. The Balaban J connectivity index is 1.76. The first kappa shape index (κ1) is 21.2. The molecule has 1 heterocycles. The highest BCUT2D eigenvalue weighted by atomic mass is 16.5. The summed E-state index contributed by atoms with van der Waals surface area (Å²) in [4.78, 5) is 24.8. The zero-order valence-electron chi connectivity index (χ0n) is 17.7. The molecular formula is C23H25NO6. The number of benzene rings is 2. The van der Waals surface area contributed by atoms with Gasteiger partial charge in [-0.2, -0.15) is 0 Å². The average molecular weight is 411 g/mol. The summed E-state index contributed by atoms with van der Waals surface area (Å²) >= 11 is 0. The molecule has 2 aromatic carbocycles. The van der Waals surface area contributed by atoms with Crippen LogP contribution in [0, 0.1) is 0 Å². The number of Topliss-reactive ketones (excluding diaryl/α,β-unsaturated/α-hetero) is 1. The first-order chi connectivity index (χ1) is 14.3. The second-order valence-corrected chi connectivity index (χ2v) is 7.45. The first-order valence-corrected chi connectivity index (χ1v) is 9.41. The van der Waals surface area contributed by atoms with Gasteiger partial charge < -0.3 is 24.3 Å². The molecule has 0 unspecified atom stereocenters. The lowest BCUT2D eigenvalue weighted by atomic mass is 9.93. The summed E-state index contributed by atoms with van der Waals surface area (Å²) in [6, 6.07) is 8.52. The monoisotopic (exact) mass is 411 g/mol. The van der Waals surface area contributed by atoms with E-state index >= 15 is 0 Å². The predicted octanol–water partition coefficient (Wildman–Crippen LogP) is 4.11. The topological polar surface area (TPSA) is 83.1 Å². The van der Waals surface area contributed by atoms with E-state index in [-0.39, 0.29) is 11.7 Å². The highest BCUT2D eigenvalue weighted by Crippen LogP contribution is 2.38. The molecule has 30 heavy (non-hydrogen) atoms. The number of anilines is 1. The van der Waals surface area contributed by atoms with Crippen molar-refractivity contribution in [1.82, 2.24) is 0 Å². The summed E-state index contributed by atoms with van der Waals surface area (Å²) in [6.45, 7) is 3.74. The fraction of sp³-hybridized carbons (Fsp3) is 0.304. The van der Waals surface area contributed by atoms with Gasteiger partial charge in [0.2, 0.25) is 11.7 Å². The van der Waals surface area contributed by atoms with E-state index in [0.717, 1.165) is 0 Å². The van der Waals surface area contributed by atoms with E-state index in [2.05, 4.69) is 5.32 Å². The Morgan fingerprint density at radius 1 is 1.07 bits per heavy atom. The standard InChI is InChI=1S/C23H25NO6/c1-23(2)13-17(25)16-12-15(7-8-18(16)30-23)24-21(26)9-6-14-10-19(27-3)22(29-5)20(11-14)28-4/h6-12H,13H2,1-5H3,(H,24,26)/b9-6+. The van der Waals surface area contributed by atoms with Crippen molar-refractivity contribution in [2.24, 2.45) is 0 Å². The third kappa shape index (κ3) is 4.56. The van der Waals surface area contributed by atoms with E-state index in [9.17, 15) is 9.59 Å². The molecule has 0 aromatic heterocycles. The molecule has 1 N–H and O–H groups in total. The number of ether oxygens (including phenoxy) is 4. The molecule has 0 atom stereocenters. The van der Waals surface area contributed by atoms with Gasteiger partial charge in [0.1, 0.15) is 11.4 Å². The summed E-state index contributed by atoms with van der Waals surface area (Å²) in [6.07, 6.45) is 3.31. The van der Waals surface area contributed by atoms with Crippen molar-refractivity contribution in [3.63, 3.8) is 0 Å². The van der Waals surface area contributed by atoms with Crippen LogP contribution in [0.15, 0.2) is 36.4 Å². The Morgan fingerprint density at radius 3 is 2.33 bits per heavy atom. The average Bonchev–Trinajstić information content (AvgIpc) is 2.71. The van der Waals surface area contributed by atoms with Gasteiger partial charge in [0.05, 0.1) is 33.3 Å². The van der Waals surface area contributed by atoms with E-state index in [1.807, 2.05) is 13.8 Å². The number of rotatable bonds is 6. The van der Waals surface area contributed by atoms with Gasteiger partial charge in [-0.25, -0.2) is 0 Å². The van der Waals surface area contributed by atoms with Gasteiger partial charge in [-0.1, -0.05) is 0 Å². The van der Waals surface area contributed by atoms with E-state index in [1.54, 1.807) is 36.4 Å². The number of nitrogens with one attached hydrogen (secondary N) is 1. The maximum atomic E-state index is 12.4. The number of hydrogen-bond acceptors (Lipinski definition) is 6. The quantitative estimate of drug-likeness (QED) is 0.721. The molecule has 2 aromatic rings. The van der Waals surface area contributed by atoms with E-state index in [4.69, 9.17) is 18.9 Å². The lowest BCUT2D eigenvalue weighted by Crippen LogP contribution is -2.35. The van der Waals surface area contributed by atoms with E-state index in [1.165, 1.54) is 27.4 Å². The van der Waals surface area contributed by atoms with E-state index in [0.29, 0.717) is 46.2 Å². The van der Waals surface area contributed by atoms with Crippen molar-refractivity contribution >= 4 is 23.5 Å². The Labute approximate surface area is 175 Å². The molecule has 1 aliphatic rings. The molecule has 0 fully saturated rings. The minimum atomic E-state index is -0.530. The second-order valence-electron chi connectivity index (χ2n) is 7.45. The van der Waals surface area contributed by atoms with Crippen LogP contribution in [0.2, 0.25) is 0 Å². The largest absolute Gasteiger partial charge is 0.493 e. The highest BCUT2D eigenvalue weighted by molar-refractivity contribution is 6.05. The lowest BCUT2D eigenvalue weighted by Gasteiger charge is -2.31. The second kappa shape index (κ2) is 8.49. The van der Waals surface area contributed by atoms with Crippen molar-refractivity contribution in [3.05, 3.63) is 47.5 Å². The zero-order valence-corrected chi connectivity index (χ0v) is 17.7. The fourth-order valence-electron chi connectivity index (χ4n) is 3.28. The van der Waals surface area contributed by atoms with Crippen LogP contribution in [0.4, 0.5) is 5.69 Å². The minimum Gasteiger partial charge on any atom is -0.493 e. The van der Waals surface area contributed by atoms with Crippen LogP contribution in [0.5, 0.6) is 23.0 Å². The maximum Gasteiger partial charge on any atom is 0.248 e. The maximum absolute atomic E-state index is 12.4. The molecular weight excluding hydrogens is 386 g/mol. The number of carbonyl (C=O) groups is 2. The fourth-order valence-corrected chi connectivity index (χ4v) is 3.28.